The number of aliphatic carboxylic acids is 1. The second kappa shape index (κ2) is 4.95. The van der Waals surface area contributed by atoms with Crippen molar-refractivity contribution in [2.45, 2.75) is 19.4 Å². The van der Waals surface area contributed by atoms with E-state index >= 15 is 0 Å². The van der Waals surface area contributed by atoms with Gasteiger partial charge >= 0.3 is 5.97 Å². The minimum absolute atomic E-state index is 0.420. The molecule has 1 atom stereocenters. The summed E-state index contributed by atoms with van der Waals surface area (Å²) < 4.78 is 0. The standard InChI is InChI=1S/C11H12N2O2S2/c1-2-6-3-4-8(17-6)10-13-7(5-16-10)9(12)11(14)15/h3-5,9H,2,12H2,1H3,(H,14,15). The molecule has 17 heavy (non-hydrogen) atoms. The maximum atomic E-state index is 10.7. The van der Waals surface area contributed by atoms with E-state index in [2.05, 4.69) is 18.0 Å². The van der Waals surface area contributed by atoms with E-state index in [4.69, 9.17) is 10.8 Å². The maximum Gasteiger partial charge on any atom is 0.326 e. The highest BCUT2D eigenvalue weighted by atomic mass is 32.1. The highest BCUT2D eigenvalue weighted by Gasteiger charge is 2.18. The van der Waals surface area contributed by atoms with Gasteiger partial charge in [0.2, 0.25) is 0 Å². The molecule has 4 nitrogen and oxygen atoms in total. The number of hydrogen-bond donors (Lipinski definition) is 2. The monoisotopic (exact) mass is 268 g/mol. The number of aromatic nitrogens is 1. The van der Waals surface area contributed by atoms with E-state index in [-0.39, 0.29) is 0 Å². The van der Waals surface area contributed by atoms with Gasteiger partial charge in [0.1, 0.15) is 11.0 Å². The Morgan fingerprint density at radius 2 is 2.35 bits per heavy atom. The van der Waals surface area contributed by atoms with Crippen LogP contribution in [-0.2, 0) is 11.2 Å². The summed E-state index contributed by atoms with van der Waals surface area (Å²) in [5.74, 6) is -1.05. The minimum atomic E-state index is -1.05. The Hall–Kier alpha value is -1.24. The van der Waals surface area contributed by atoms with Gasteiger partial charge in [-0.3, -0.25) is 4.79 Å². The summed E-state index contributed by atoms with van der Waals surface area (Å²) in [6, 6.07) is 3.04. The number of nitrogens with zero attached hydrogens (tertiary/aromatic N) is 1. The zero-order valence-electron chi connectivity index (χ0n) is 9.21. The second-order valence-electron chi connectivity index (χ2n) is 3.51. The van der Waals surface area contributed by atoms with Crippen LogP contribution in [0.2, 0.25) is 0 Å². The van der Waals surface area contributed by atoms with Crippen molar-refractivity contribution in [1.29, 1.82) is 0 Å². The van der Waals surface area contributed by atoms with E-state index in [9.17, 15) is 4.79 Å². The van der Waals surface area contributed by atoms with Gasteiger partial charge in [0.25, 0.3) is 0 Å². The fourth-order valence-corrected chi connectivity index (χ4v) is 3.23. The summed E-state index contributed by atoms with van der Waals surface area (Å²) in [4.78, 5) is 17.4. The number of thiophene rings is 1. The zero-order chi connectivity index (χ0) is 12.4. The van der Waals surface area contributed by atoms with Crippen molar-refractivity contribution < 1.29 is 9.90 Å². The van der Waals surface area contributed by atoms with Crippen LogP contribution in [0.5, 0.6) is 0 Å². The first-order valence-corrected chi connectivity index (χ1v) is 6.84. The lowest BCUT2D eigenvalue weighted by molar-refractivity contribution is -0.138. The first-order chi connectivity index (χ1) is 8.11. The smallest absolute Gasteiger partial charge is 0.326 e. The molecule has 0 fully saturated rings. The van der Waals surface area contributed by atoms with Crippen LogP contribution >= 0.6 is 22.7 Å². The lowest BCUT2D eigenvalue weighted by Crippen LogP contribution is -2.20. The van der Waals surface area contributed by atoms with Crippen LogP contribution in [0.1, 0.15) is 23.5 Å². The van der Waals surface area contributed by atoms with Crippen molar-refractivity contribution in [2.24, 2.45) is 5.73 Å². The normalized spacial score (nSPS) is 12.6. The molecule has 0 aliphatic carbocycles. The number of thiazole rings is 1. The number of rotatable bonds is 4. The molecule has 0 aliphatic rings. The molecule has 0 saturated carbocycles. The number of carboxylic acid groups (broad SMARTS) is 1. The molecule has 1 unspecified atom stereocenters. The maximum absolute atomic E-state index is 10.7. The summed E-state index contributed by atoms with van der Waals surface area (Å²) in [6.07, 6.45) is 0.998. The lowest BCUT2D eigenvalue weighted by atomic mass is 10.2. The van der Waals surface area contributed by atoms with Gasteiger partial charge in [-0.15, -0.1) is 22.7 Å². The first-order valence-electron chi connectivity index (χ1n) is 5.14. The van der Waals surface area contributed by atoms with Crippen LogP contribution < -0.4 is 5.73 Å². The molecule has 90 valence electrons. The van der Waals surface area contributed by atoms with Crippen LogP contribution in [0.4, 0.5) is 0 Å². The Morgan fingerprint density at radius 1 is 1.59 bits per heavy atom. The van der Waals surface area contributed by atoms with E-state index in [1.807, 2.05) is 6.07 Å². The minimum Gasteiger partial charge on any atom is -0.480 e. The van der Waals surface area contributed by atoms with E-state index in [1.54, 1.807) is 16.7 Å². The fourth-order valence-electron chi connectivity index (χ4n) is 1.35. The topological polar surface area (TPSA) is 76.2 Å². The molecule has 3 N–H and O–H groups in total. The second-order valence-corrected chi connectivity index (χ2v) is 5.54. The molecule has 0 bridgehead atoms. The predicted molar refractivity (Wildman–Crippen MR) is 69.4 cm³/mol. The average molecular weight is 268 g/mol. The highest BCUT2D eigenvalue weighted by molar-refractivity contribution is 7.21. The van der Waals surface area contributed by atoms with Crippen LogP contribution in [-0.4, -0.2) is 16.1 Å². The summed E-state index contributed by atoms with van der Waals surface area (Å²) in [6.45, 7) is 2.10. The van der Waals surface area contributed by atoms with E-state index in [0.29, 0.717) is 5.69 Å². The summed E-state index contributed by atoms with van der Waals surface area (Å²) >= 11 is 3.11. The SMILES string of the molecule is CCc1ccc(-c2nc(C(N)C(=O)O)cs2)s1. The molecular formula is C11H12N2O2S2. The number of carbonyl (C=O) groups is 1. The van der Waals surface area contributed by atoms with Gasteiger partial charge in [0.05, 0.1) is 10.6 Å². The molecule has 0 aliphatic heterocycles. The molecule has 6 heteroatoms. The molecule has 2 heterocycles. The summed E-state index contributed by atoms with van der Waals surface area (Å²) in [5.41, 5.74) is 5.93. The van der Waals surface area contributed by atoms with E-state index in [0.717, 1.165) is 16.3 Å². The van der Waals surface area contributed by atoms with Crippen LogP contribution in [0.15, 0.2) is 17.5 Å². The number of nitrogens with two attached hydrogens (primary N) is 1. The third-order valence-corrected chi connectivity index (χ3v) is 4.59. The summed E-state index contributed by atoms with van der Waals surface area (Å²) in [5, 5.41) is 11.3. The largest absolute Gasteiger partial charge is 0.480 e. The van der Waals surface area contributed by atoms with Crippen LogP contribution in [0.3, 0.4) is 0 Å². The van der Waals surface area contributed by atoms with Crippen molar-refractivity contribution in [2.75, 3.05) is 0 Å². The Labute approximate surface area is 107 Å². The average Bonchev–Trinajstić information content (AvgIpc) is 2.96. The predicted octanol–water partition coefficient (Wildman–Crippen LogP) is 2.52. The van der Waals surface area contributed by atoms with Crippen LogP contribution in [0.25, 0.3) is 9.88 Å². The van der Waals surface area contributed by atoms with Gasteiger partial charge in [0, 0.05) is 10.3 Å². The van der Waals surface area contributed by atoms with Crippen molar-refractivity contribution >= 4 is 28.6 Å². The zero-order valence-corrected chi connectivity index (χ0v) is 10.8. The fraction of sp³-hybridized carbons (Fsp3) is 0.273. The Balaban J connectivity index is 2.26. The highest BCUT2D eigenvalue weighted by Crippen LogP contribution is 2.31. The number of aryl methyl sites for hydroxylation is 1. The Morgan fingerprint density at radius 3 is 2.94 bits per heavy atom. The number of hydrogen-bond acceptors (Lipinski definition) is 5. The molecule has 0 spiro atoms. The molecule has 2 aromatic heterocycles. The quantitative estimate of drug-likeness (QED) is 0.893. The first kappa shape index (κ1) is 12.2. The Kier molecular flexibility index (Phi) is 3.56. The molecule has 0 aromatic carbocycles. The van der Waals surface area contributed by atoms with Gasteiger partial charge < -0.3 is 10.8 Å². The molecule has 0 radical (unpaired) electrons. The van der Waals surface area contributed by atoms with Gasteiger partial charge in [-0.1, -0.05) is 6.92 Å². The van der Waals surface area contributed by atoms with Crippen molar-refractivity contribution in [1.82, 2.24) is 4.98 Å². The summed E-state index contributed by atoms with van der Waals surface area (Å²) in [7, 11) is 0. The molecule has 0 amide bonds. The lowest BCUT2D eigenvalue weighted by Gasteiger charge is -2.00. The van der Waals surface area contributed by atoms with Gasteiger partial charge in [-0.2, -0.15) is 0 Å². The molecular weight excluding hydrogens is 256 g/mol. The van der Waals surface area contributed by atoms with Crippen molar-refractivity contribution in [3.8, 4) is 9.88 Å². The van der Waals surface area contributed by atoms with E-state index in [1.165, 1.54) is 16.2 Å². The van der Waals surface area contributed by atoms with Crippen molar-refractivity contribution in [3.63, 3.8) is 0 Å². The van der Waals surface area contributed by atoms with Crippen LogP contribution in [0, 0.1) is 0 Å². The van der Waals surface area contributed by atoms with Gasteiger partial charge in [-0.05, 0) is 18.6 Å². The molecule has 2 rings (SSSR count). The third kappa shape index (κ3) is 2.54. The van der Waals surface area contributed by atoms with Gasteiger partial charge in [0.15, 0.2) is 0 Å². The molecule has 2 aromatic rings. The Bertz CT molecular complexity index is 533. The van der Waals surface area contributed by atoms with E-state index < -0.39 is 12.0 Å². The third-order valence-electron chi connectivity index (χ3n) is 2.33. The van der Waals surface area contributed by atoms with Gasteiger partial charge in [-0.25, -0.2) is 4.98 Å². The molecule has 0 saturated heterocycles. The van der Waals surface area contributed by atoms with Crippen molar-refractivity contribution in [3.05, 3.63) is 28.1 Å². The number of carboxylic acids is 1.